The van der Waals surface area contributed by atoms with E-state index >= 15 is 0 Å². The maximum atomic E-state index is 13.7. The number of carbonyl (C=O) groups is 2. The maximum absolute atomic E-state index is 13.7. The van der Waals surface area contributed by atoms with E-state index in [4.69, 9.17) is 20.9 Å². The average molecular weight is 478 g/mol. The zero-order valence-electron chi connectivity index (χ0n) is 18.8. The van der Waals surface area contributed by atoms with E-state index in [9.17, 15) is 14.0 Å². The summed E-state index contributed by atoms with van der Waals surface area (Å²) in [5.74, 6) is -1.22. The second-order valence-corrected chi connectivity index (χ2v) is 8.17. The number of nitrogens with one attached hydrogen (secondary N) is 2. The Morgan fingerprint density at radius 1 is 1.29 bits per heavy atom. The third-order valence-corrected chi connectivity index (χ3v) is 6.07. The molecule has 1 aliphatic heterocycles. The molecule has 0 unspecified atom stereocenters. The summed E-state index contributed by atoms with van der Waals surface area (Å²) in [6, 6.07) is 9.15. The van der Waals surface area contributed by atoms with Crippen molar-refractivity contribution in [2.24, 2.45) is 5.73 Å². The summed E-state index contributed by atoms with van der Waals surface area (Å²) in [4.78, 5) is 28.1. The highest BCUT2D eigenvalue weighted by Crippen LogP contribution is 2.35. The van der Waals surface area contributed by atoms with Crippen LogP contribution in [0, 0.1) is 5.82 Å². The van der Waals surface area contributed by atoms with E-state index in [0.29, 0.717) is 24.5 Å². The van der Waals surface area contributed by atoms with Crippen LogP contribution >= 0.6 is 0 Å². The van der Waals surface area contributed by atoms with Gasteiger partial charge in [0, 0.05) is 23.7 Å². The molecular formula is C24H23FN6O4. The molecule has 10 nitrogen and oxygen atoms in total. The molecule has 0 atom stereocenters. The number of anilines is 1. The first kappa shape index (κ1) is 22.4. The molecule has 5 rings (SSSR count). The molecule has 1 fully saturated rings. The zero-order valence-corrected chi connectivity index (χ0v) is 18.8. The molecule has 11 heteroatoms. The number of aromatic amines is 1. The van der Waals surface area contributed by atoms with Crippen molar-refractivity contribution in [1.82, 2.24) is 20.1 Å². The largest absolute Gasteiger partial charge is 0.496 e. The van der Waals surface area contributed by atoms with Crippen LogP contribution in [0.15, 0.2) is 42.6 Å². The topological polar surface area (TPSA) is 150 Å². The maximum Gasteiger partial charge on any atom is 0.255 e. The van der Waals surface area contributed by atoms with Crippen molar-refractivity contribution in [3.05, 3.63) is 65.1 Å². The Hall–Kier alpha value is -4.38. The number of halogens is 1. The number of hydrogen-bond acceptors (Lipinski definition) is 6. The Kier molecular flexibility index (Phi) is 5.61. The first-order chi connectivity index (χ1) is 16.9. The van der Waals surface area contributed by atoms with E-state index in [0.717, 1.165) is 22.5 Å². The number of rotatable bonds is 7. The van der Waals surface area contributed by atoms with Crippen molar-refractivity contribution < 1.29 is 23.5 Å². The van der Waals surface area contributed by atoms with Crippen molar-refractivity contribution in [3.63, 3.8) is 0 Å². The molecule has 2 amide bonds. The summed E-state index contributed by atoms with van der Waals surface area (Å²) in [5, 5.41) is 8.17. The molecule has 6 N–H and O–H groups in total. The molecule has 1 saturated heterocycles. The van der Waals surface area contributed by atoms with Crippen LogP contribution in [-0.2, 0) is 11.3 Å². The Morgan fingerprint density at radius 2 is 2.09 bits per heavy atom. The summed E-state index contributed by atoms with van der Waals surface area (Å²) in [6.07, 6.45) is 1.75. The van der Waals surface area contributed by atoms with Crippen LogP contribution in [0.1, 0.15) is 32.3 Å². The number of nitrogens with zero attached hydrogens (tertiary/aromatic N) is 2. The standard InChI is InChI=1S/C24H23FN6O4/c1-34-18-5-3-13(25)8-17(18)24(33)29-9-12-2-4-15(16-6-7-28-20(12)16)21-19(23(27)32)22(26)31(30-21)14-10-35-11-14/h2-8,14,28H,9-11,26H2,1H3,(H2,27,32)(H,29,33). The fourth-order valence-electron chi connectivity index (χ4n) is 4.22. The molecule has 35 heavy (non-hydrogen) atoms. The molecule has 180 valence electrons. The van der Waals surface area contributed by atoms with Gasteiger partial charge in [-0.15, -0.1) is 0 Å². The lowest BCUT2D eigenvalue weighted by Gasteiger charge is -2.26. The highest BCUT2D eigenvalue weighted by molar-refractivity contribution is 6.07. The minimum atomic E-state index is -0.673. The van der Waals surface area contributed by atoms with Crippen molar-refractivity contribution in [2.45, 2.75) is 12.6 Å². The number of nitrogens with two attached hydrogens (primary N) is 2. The van der Waals surface area contributed by atoms with Gasteiger partial charge in [0.05, 0.1) is 31.4 Å². The summed E-state index contributed by atoms with van der Waals surface area (Å²) >= 11 is 0. The first-order valence-corrected chi connectivity index (χ1v) is 10.9. The van der Waals surface area contributed by atoms with Crippen LogP contribution in [0.3, 0.4) is 0 Å². The third-order valence-electron chi connectivity index (χ3n) is 6.07. The van der Waals surface area contributed by atoms with E-state index in [1.807, 2.05) is 12.1 Å². The molecule has 0 radical (unpaired) electrons. The van der Waals surface area contributed by atoms with Gasteiger partial charge in [-0.2, -0.15) is 5.10 Å². The number of amides is 2. The average Bonchev–Trinajstić information content (AvgIpc) is 3.42. The lowest BCUT2D eigenvalue weighted by atomic mass is 10.00. The van der Waals surface area contributed by atoms with Gasteiger partial charge >= 0.3 is 0 Å². The van der Waals surface area contributed by atoms with Gasteiger partial charge in [-0.3, -0.25) is 9.59 Å². The molecule has 4 aromatic rings. The van der Waals surface area contributed by atoms with Crippen LogP contribution in [0.25, 0.3) is 22.2 Å². The van der Waals surface area contributed by atoms with Gasteiger partial charge in [-0.05, 0) is 29.8 Å². The molecule has 1 aliphatic rings. The summed E-state index contributed by atoms with van der Waals surface area (Å²) < 4.78 is 25.7. The first-order valence-electron chi connectivity index (χ1n) is 10.9. The Bertz CT molecular complexity index is 1460. The smallest absolute Gasteiger partial charge is 0.255 e. The molecule has 0 bridgehead atoms. The van der Waals surface area contributed by atoms with Gasteiger partial charge in [-0.25, -0.2) is 9.07 Å². The number of H-pyrrole nitrogens is 1. The van der Waals surface area contributed by atoms with Crippen LogP contribution in [0.2, 0.25) is 0 Å². The SMILES string of the molecule is COc1ccc(F)cc1C(=O)NCc1ccc(-c2nn(C3COC3)c(N)c2C(N)=O)c2cc[nH]c12. The fourth-order valence-corrected chi connectivity index (χ4v) is 4.22. The number of nitrogen functional groups attached to an aromatic ring is 1. The Morgan fingerprint density at radius 3 is 2.77 bits per heavy atom. The van der Waals surface area contributed by atoms with Crippen LogP contribution in [0.4, 0.5) is 10.2 Å². The predicted octanol–water partition coefficient (Wildman–Crippen LogP) is 2.36. The van der Waals surface area contributed by atoms with Gasteiger partial charge in [0.1, 0.15) is 34.7 Å². The number of ether oxygens (including phenoxy) is 2. The highest BCUT2D eigenvalue weighted by atomic mass is 19.1. The van der Waals surface area contributed by atoms with Crippen LogP contribution < -0.4 is 21.5 Å². The van der Waals surface area contributed by atoms with Crippen LogP contribution in [0.5, 0.6) is 5.75 Å². The Labute approximate surface area is 199 Å². The second-order valence-electron chi connectivity index (χ2n) is 8.17. The van der Waals surface area contributed by atoms with Crippen molar-refractivity contribution >= 4 is 28.5 Å². The summed E-state index contributed by atoms with van der Waals surface area (Å²) in [7, 11) is 1.41. The quantitative estimate of drug-likeness (QED) is 0.320. The number of benzene rings is 2. The number of methoxy groups -OCH3 is 1. The molecule has 0 aliphatic carbocycles. The second kappa shape index (κ2) is 8.76. The van der Waals surface area contributed by atoms with Gasteiger partial charge in [0.15, 0.2) is 0 Å². The van der Waals surface area contributed by atoms with Gasteiger partial charge in [0.2, 0.25) is 0 Å². The Balaban J connectivity index is 1.48. The molecule has 2 aromatic heterocycles. The molecular weight excluding hydrogens is 455 g/mol. The van der Waals surface area contributed by atoms with E-state index in [-0.39, 0.29) is 35.3 Å². The van der Waals surface area contributed by atoms with E-state index in [1.165, 1.54) is 19.2 Å². The van der Waals surface area contributed by atoms with Crippen molar-refractivity contribution in [1.29, 1.82) is 0 Å². The van der Waals surface area contributed by atoms with Gasteiger partial charge in [-0.1, -0.05) is 12.1 Å². The predicted molar refractivity (Wildman–Crippen MR) is 126 cm³/mol. The summed E-state index contributed by atoms with van der Waals surface area (Å²) in [5.41, 5.74) is 14.7. The molecule has 0 saturated carbocycles. The number of hydrogen-bond donors (Lipinski definition) is 4. The minimum Gasteiger partial charge on any atom is -0.496 e. The fraction of sp³-hybridized carbons (Fsp3) is 0.208. The monoisotopic (exact) mass is 478 g/mol. The zero-order chi connectivity index (χ0) is 24.7. The lowest BCUT2D eigenvalue weighted by molar-refractivity contribution is -0.0275. The van der Waals surface area contributed by atoms with E-state index in [1.54, 1.807) is 16.9 Å². The number of fused-ring (bicyclic) bond motifs is 1. The highest BCUT2D eigenvalue weighted by Gasteiger charge is 2.30. The number of primary amides is 1. The molecule has 0 spiro atoms. The van der Waals surface area contributed by atoms with Crippen LogP contribution in [-0.4, -0.2) is 46.9 Å². The van der Waals surface area contributed by atoms with Gasteiger partial charge in [0.25, 0.3) is 11.8 Å². The third kappa shape index (κ3) is 3.85. The van der Waals surface area contributed by atoms with E-state index < -0.39 is 17.6 Å². The lowest BCUT2D eigenvalue weighted by Crippen LogP contribution is -2.32. The molecule has 2 aromatic carbocycles. The summed E-state index contributed by atoms with van der Waals surface area (Å²) in [6.45, 7) is 1.07. The normalized spacial score (nSPS) is 13.5. The number of carbonyl (C=O) groups excluding carboxylic acids is 2. The minimum absolute atomic E-state index is 0.0575. The molecule has 3 heterocycles. The van der Waals surface area contributed by atoms with Crippen molar-refractivity contribution in [2.75, 3.05) is 26.1 Å². The van der Waals surface area contributed by atoms with Crippen molar-refractivity contribution in [3.8, 4) is 17.0 Å². The van der Waals surface area contributed by atoms with Gasteiger partial charge < -0.3 is 31.2 Å². The van der Waals surface area contributed by atoms with E-state index in [2.05, 4.69) is 15.4 Å². The number of aromatic nitrogens is 3.